The highest BCUT2D eigenvalue weighted by Crippen LogP contribution is 2.77. The molecule has 0 saturated heterocycles. The van der Waals surface area contributed by atoms with Gasteiger partial charge in [-0.15, -0.1) is 0 Å². The molecule has 7 fully saturated rings. The number of ether oxygens (including phenoxy) is 9. The fourth-order valence-electron chi connectivity index (χ4n) is 21.6. The van der Waals surface area contributed by atoms with Crippen molar-refractivity contribution in [2.24, 2.45) is 56.7 Å². The van der Waals surface area contributed by atoms with E-state index >= 15 is 9.59 Å². The summed E-state index contributed by atoms with van der Waals surface area (Å²) in [5, 5.41) is 68.6. The van der Waals surface area contributed by atoms with E-state index < -0.39 is 212 Å². The van der Waals surface area contributed by atoms with Crippen molar-refractivity contribution in [3.8, 4) is 0 Å². The summed E-state index contributed by atoms with van der Waals surface area (Å²) in [6.45, 7) is 19.7. The van der Waals surface area contributed by atoms with Crippen LogP contribution in [0, 0.1) is 56.7 Å². The highest BCUT2D eigenvalue weighted by molar-refractivity contribution is 5.99. The second kappa shape index (κ2) is 33.1. The molecule has 4 bridgehead atoms. The molecule has 5 aromatic rings. The predicted octanol–water partition coefficient (Wildman–Crippen LogP) is 10.1. The molecule has 7 N–H and O–H groups in total. The molecule has 22 atom stereocenters. The smallest absolute Gasteiger partial charge is 0.458 e. The van der Waals surface area contributed by atoms with E-state index in [4.69, 9.17) is 42.6 Å². The van der Waals surface area contributed by atoms with Crippen molar-refractivity contribution in [3.05, 3.63) is 202 Å². The summed E-state index contributed by atoms with van der Waals surface area (Å²) in [7, 11) is 1.11. The summed E-state index contributed by atoms with van der Waals surface area (Å²) in [4.78, 5) is 167. The molecule has 122 heavy (non-hydrogen) atoms. The molecule has 28 heteroatoms. The topological polar surface area (TPSA) is 413 Å². The molecule has 9 aliphatic rings. The third-order valence-corrected chi connectivity index (χ3v) is 28.2. The number of aliphatic hydroxyl groups is 5. The van der Waals surface area contributed by atoms with Gasteiger partial charge in [0.2, 0.25) is 5.91 Å². The number of esters is 7. The van der Waals surface area contributed by atoms with Gasteiger partial charge in [-0.2, -0.15) is 0 Å². The zero-order valence-electron chi connectivity index (χ0n) is 70.8. The maximum Gasteiger partial charge on any atom is 0.508 e. The minimum absolute atomic E-state index is 0.00651. The third-order valence-electron chi connectivity index (χ3n) is 28.2. The number of carbonyl (C=O) groups excluding carboxylic acids is 12. The van der Waals surface area contributed by atoms with Crippen molar-refractivity contribution in [1.29, 1.82) is 0 Å². The second-order valence-electron chi connectivity index (χ2n) is 36.6. The fraction of sp³-hybridized carbons (Fsp3) is 0.511. The van der Waals surface area contributed by atoms with E-state index in [1.54, 1.807) is 195 Å². The van der Waals surface area contributed by atoms with Gasteiger partial charge in [0.1, 0.15) is 46.8 Å². The van der Waals surface area contributed by atoms with E-state index in [2.05, 4.69) is 10.6 Å². The van der Waals surface area contributed by atoms with Crippen LogP contribution in [0.3, 0.4) is 0 Å². The molecule has 9 aliphatic carbocycles. The summed E-state index contributed by atoms with van der Waals surface area (Å²) in [5.41, 5.74) is -12.9. The van der Waals surface area contributed by atoms with Crippen LogP contribution in [0.2, 0.25) is 0 Å². The fourth-order valence-corrected chi connectivity index (χ4v) is 21.6. The Hall–Kier alpha value is -10.8. The molecule has 0 heterocycles. The van der Waals surface area contributed by atoms with Crippen molar-refractivity contribution < 1.29 is 126 Å². The molecular weight excluding hydrogens is 1570 g/mol. The summed E-state index contributed by atoms with van der Waals surface area (Å²) in [6.07, 6.45) is -14.6. The van der Waals surface area contributed by atoms with Crippen molar-refractivity contribution in [2.45, 2.75) is 237 Å². The Morgan fingerprint density at radius 3 is 1.27 bits per heavy atom. The second-order valence-corrected chi connectivity index (χ2v) is 36.6. The number of methoxy groups -OCH3 is 1. The number of rotatable bonds is 19. The molecule has 5 aromatic carbocycles. The van der Waals surface area contributed by atoms with Crippen LogP contribution in [0.5, 0.6) is 0 Å². The van der Waals surface area contributed by atoms with Gasteiger partial charge in [-0.05, 0) is 147 Å². The summed E-state index contributed by atoms with van der Waals surface area (Å²) < 4.78 is 54.4. The normalized spacial score (nSPS) is 32.6. The Labute approximate surface area is 707 Å². The van der Waals surface area contributed by atoms with Gasteiger partial charge in [0.15, 0.2) is 36.0 Å². The van der Waals surface area contributed by atoms with E-state index in [1.807, 2.05) is 0 Å². The lowest BCUT2D eigenvalue weighted by molar-refractivity contribution is -0.293. The van der Waals surface area contributed by atoms with Gasteiger partial charge in [-0.25, -0.2) is 24.0 Å². The maximum atomic E-state index is 15.6. The summed E-state index contributed by atoms with van der Waals surface area (Å²) >= 11 is 0. The van der Waals surface area contributed by atoms with Crippen molar-refractivity contribution in [2.75, 3.05) is 7.11 Å². The van der Waals surface area contributed by atoms with Crippen LogP contribution in [0.25, 0.3) is 0 Å². The number of aliphatic hydroxyl groups excluding tert-OH is 3. The van der Waals surface area contributed by atoms with Crippen molar-refractivity contribution in [3.63, 3.8) is 0 Å². The van der Waals surface area contributed by atoms with Crippen LogP contribution in [0.1, 0.15) is 202 Å². The largest absolute Gasteiger partial charge is 0.508 e. The Kier molecular flexibility index (Phi) is 24.2. The van der Waals surface area contributed by atoms with Gasteiger partial charge < -0.3 is 78.8 Å². The molecule has 650 valence electrons. The zero-order valence-corrected chi connectivity index (χ0v) is 70.8. The number of hydrogen-bond acceptors (Lipinski definition) is 26. The van der Waals surface area contributed by atoms with Crippen LogP contribution in [-0.2, 0) is 81.0 Å². The lowest BCUT2D eigenvalue weighted by atomic mass is 9.41. The number of carbonyl (C=O) groups is 12. The van der Waals surface area contributed by atoms with E-state index in [0.29, 0.717) is 48.8 Å². The minimum atomic E-state index is -2.38. The highest BCUT2D eigenvalue weighted by atomic mass is 16.7. The molecule has 7 saturated carbocycles. The van der Waals surface area contributed by atoms with Crippen LogP contribution in [0.15, 0.2) is 174 Å². The Bertz CT molecular complexity index is 5010. The first-order valence-electron chi connectivity index (χ1n) is 41.4. The van der Waals surface area contributed by atoms with Gasteiger partial charge in [0, 0.05) is 66.8 Å². The number of amides is 2. The van der Waals surface area contributed by atoms with E-state index in [1.165, 1.54) is 39.8 Å². The number of ketones is 2. The summed E-state index contributed by atoms with van der Waals surface area (Å²) in [6, 6.07) is 38.4. The van der Waals surface area contributed by atoms with E-state index in [0.717, 1.165) is 14.0 Å². The molecule has 2 amide bonds. The summed E-state index contributed by atoms with van der Waals surface area (Å²) in [5.74, 6) is -12.3. The lowest BCUT2D eigenvalue weighted by Crippen LogP contribution is -2.78. The van der Waals surface area contributed by atoms with Gasteiger partial charge in [0.05, 0.1) is 53.7 Å². The number of benzene rings is 5. The number of hydrogen-bond donors (Lipinski definition) is 7. The van der Waals surface area contributed by atoms with E-state index in [9.17, 15) is 73.5 Å². The van der Waals surface area contributed by atoms with Gasteiger partial charge >= 0.3 is 47.9 Å². The average Bonchev–Trinajstić information content (AvgIpc) is 1.43. The molecule has 0 aromatic heterocycles. The molecule has 28 nitrogen and oxygen atoms in total. The first kappa shape index (κ1) is 89.0. The number of fused-ring (bicyclic) bond motifs is 9. The van der Waals surface area contributed by atoms with Crippen LogP contribution < -0.4 is 10.6 Å². The van der Waals surface area contributed by atoms with Crippen LogP contribution >= 0.6 is 0 Å². The Balaban J connectivity index is 0.000000211. The number of Topliss-reactive ketones (excluding diaryl/α,β-unsaturated/α-hetero) is 2. The predicted molar refractivity (Wildman–Crippen MR) is 433 cm³/mol. The van der Waals surface area contributed by atoms with E-state index in [-0.39, 0.29) is 64.5 Å². The first-order valence-corrected chi connectivity index (χ1v) is 41.4. The zero-order chi connectivity index (χ0) is 88.7. The SMILES string of the molecule is CC(=O)O[C@H]1C(=O)[C@]23C[C@H]2C[C@H]2CC[C@@]2(OC(C)=O)[C@H]3[C@H](OC(=O)c2ccccc2)[C@]2(O)C[C@H](OC(=O)[C@H](O)[C@@H](NC(=O)C(C)(C)C)c3ccccc3)C(C)=C1C2(C)C.COC(=O)O[C@@]12CC[C@@H]1C[C@H](O)[C@@]1(C)C(=O)[C@H](OC(C)=O)C3=C(C)[C@@H](OC(=O)[C@H](O)[C@@H](NC(=O)c4ccccc4)c4ccccc4)C[C@@](O)([C@@H](OC(=O)c4ccccc4)[C@H]21)C3(C)C. The van der Waals surface area contributed by atoms with Crippen LogP contribution in [0.4, 0.5) is 4.79 Å². The monoisotopic (exact) mass is 1680 g/mol. The number of nitrogens with one attached hydrogen (secondary N) is 2. The molecule has 0 unspecified atom stereocenters. The Morgan fingerprint density at radius 1 is 0.475 bits per heavy atom. The van der Waals surface area contributed by atoms with Gasteiger partial charge in [0.25, 0.3) is 5.91 Å². The third kappa shape index (κ3) is 15.2. The first-order chi connectivity index (χ1) is 57.4. The quantitative estimate of drug-likeness (QED) is 0.0229. The molecule has 1 spiro atoms. The molecule has 0 radical (unpaired) electrons. The minimum Gasteiger partial charge on any atom is -0.458 e. The van der Waals surface area contributed by atoms with Gasteiger partial charge in [-0.1, -0.05) is 164 Å². The molecule has 0 aliphatic heterocycles. The molecular formula is C94H108N2O26. The maximum absolute atomic E-state index is 15.6. The van der Waals surface area contributed by atoms with Gasteiger partial charge in [-0.3, -0.25) is 33.6 Å². The lowest BCUT2D eigenvalue weighted by Gasteiger charge is -2.68. The molecule has 14 rings (SSSR count). The average molecular weight is 1680 g/mol. The highest BCUT2D eigenvalue weighted by Gasteiger charge is 2.84. The van der Waals surface area contributed by atoms with Crippen molar-refractivity contribution >= 4 is 71.3 Å². The Morgan fingerprint density at radius 2 is 0.869 bits per heavy atom. The van der Waals surface area contributed by atoms with Crippen molar-refractivity contribution in [1.82, 2.24) is 10.6 Å². The standard InChI is InChI=1S/C48H53NO14.C46H55NO12/c1-26-32(61-43(56)36(52)35(28-16-10-7-11-17-28)49-41(54)29-18-12-8-13-19-29)25-48(58)40(62-42(55)30-20-14-9-15-21-30)38-46(5,39(53)37(60-27(2)50)34(26)45(48,3)4)33(51)24-31-22-23-47(31,38)63-44(57)59-6;1-24-31(57-40(53)34(50)33(27-15-11-9-12-16-27)47-41(54)42(4,5)6)23-46(55)38(58-39(52)28-17-13-10-14-18-28)36-44(37(51)35(56-25(2)48)32(24)43(46,7)8)22-30(44)21-29-19-20-45(29,36)59-26(3)49/h7-21,31-33,35-38,40,51-52,58H,22-25H2,1-6H3,(H,49,54);9-18,29-31,33-36,38,50,55H,19-23H2,1-8H3,(H,47,54)/t31-,32+,33+,35+,36-,37-,38+,40+,46-,47+,48-;29-,30-,31+,33+,34-,35-,36+,38+,44-,45+,46-/m11/s1. The van der Waals surface area contributed by atoms with Crippen LogP contribution in [-0.4, -0.2) is 181 Å².